The molecule has 0 radical (unpaired) electrons. The molecule has 1 unspecified atom stereocenters. The quantitative estimate of drug-likeness (QED) is 0.627. The van der Waals surface area contributed by atoms with Crippen molar-refractivity contribution in [2.75, 3.05) is 7.11 Å². The summed E-state index contributed by atoms with van der Waals surface area (Å²) in [6.45, 7) is 7.77. The van der Waals surface area contributed by atoms with Crippen molar-refractivity contribution in [3.05, 3.63) is 30.3 Å². The first-order chi connectivity index (χ1) is 8.73. The molecule has 0 bridgehead atoms. The Labute approximate surface area is 115 Å². The Hall–Kier alpha value is -1.08. The van der Waals surface area contributed by atoms with Crippen LogP contribution in [0.3, 0.4) is 0 Å². The molecule has 3 nitrogen and oxygen atoms in total. The predicted molar refractivity (Wildman–Crippen MR) is 79.5 cm³/mol. The van der Waals surface area contributed by atoms with E-state index in [-0.39, 0.29) is 23.2 Å². The summed E-state index contributed by atoms with van der Waals surface area (Å²) >= 11 is 0. The molecule has 0 saturated heterocycles. The van der Waals surface area contributed by atoms with Gasteiger partial charge in [-0.05, 0) is 0 Å². The van der Waals surface area contributed by atoms with Crippen LogP contribution in [-0.2, 0) is 14.1 Å². The van der Waals surface area contributed by atoms with Crippen molar-refractivity contribution >= 4 is 18.4 Å². The van der Waals surface area contributed by atoms with Crippen LogP contribution in [0.4, 0.5) is 0 Å². The smallest absolute Gasteiger partial charge is 0.306 e. The van der Waals surface area contributed by atoms with Gasteiger partial charge in [0.2, 0.25) is 0 Å². The molecule has 0 fully saturated rings. The van der Waals surface area contributed by atoms with Crippen LogP contribution in [0.25, 0.3) is 0 Å². The topological polar surface area (TPSA) is 43.4 Å². The number of carbonyl (C=O) groups excluding carboxylic acids is 1. The van der Waals surface area contributed by atoms with Gasteiger partial charge >= 0.3 is 5.97 Å². The molecule has 19 heavy (non-hydrogen) atoms. The molecule has 0 aliphatic heterocycles. The summed E-state index contributed by atoms with van der Waals surface area (Å²) in [5, 5.41) is 0.445. The van der Waals surface area contributed by atoms with Gasteiger partial charge in [0.25, 0.3) is 0 Å². The zero-order valence-corrected chi connectivity index (χ0v) is 13.2. The van der Waals surface area contributed by atoms with Gasteiger partial charge in [0.1, 0.15) is 7.14 Å². The lowest BCUT2D eigenvalue weighted by Crippen LogP contribution is -2.31. The summed E-state index contributed by atoms with van der Waals surface area (Å²) in [7, 11) is -1.35. The summed E-state index contributed by atoms with van der Waals surface area (Å²) in [5.74, 6) is -0.312. The maximum Gasteiger partial charge on any atom is 0.306 e. The second kappa shape index (κ2) is 5.92. The number of benzene rings is 1. The Morgan fingerprint density at radius 3 is 2.21 bits per heavy atom. The molecule has 0 spiro atoms. The van der Waals surface area contributed by atoms with Crippen LogP contribution < -0.4 is 5.30 Å². The van der Waals surface area contributed by atoms with Crippen LogP contribution >= 0.6 is 7.14 Å². The van der Waals surface area contributed by atoms with Crippen LogP contribution in [0.2, 0.25) is 0 Å². The van der Waals surface area contributed by atoms with E-state index in [2.05, 4.69) is 0 Å². The van der Waals surface area contributed by atoms with E-state index >= 15 is 0 Å². The van der Waals surface area contributed by atoms with Gasteiger partial charge in [-0.25, -0.2) is 0 Å². The maximum absolute atomic E-state index is 13.6. The van der Waals surface area contributed by atoms with Gasteiger partial charge in [0, 0.05) is 16.1 Å². The van der Waals surface area contributed by atoms with Crippen molar-refractivity contribution in [1.82, 2.24) is 0 Å². The lowest BCUT2D eigenvalue weighted by molar-refractivity contribution is -0.140. The van der Waals surface area contributed by atoms with Gasteiger partial charge in [0.05, 0.1) is 13.5 Å². The van der Waals surface area contributed by atoms with E-state index < -0.39 is 7.14 Å². The number of esters is 1. The monoisotopic (exact) mass is 282 g/mol. The van der Waals surface area contributed by atoms with Crippen molar-refractivity contribution in [2.45, 2.75) is 44.9 Å². The maximum atomic E-state index is 13.6. The Kier molecular flexibility index (Phi) is 4.98. The summed E-state index contributed by atoms with van der Waals surface area (Å²) in [6, 6.07) is 9.46. The van der Waals surface area contributed by atoms with Gasteiger partial charge in [-0.15, -0.1) is 0 Å². The standard InChI is InChI=1S/C15H23O3P/c1-12(11-14(16)18-5)19(17,15(2,3)4)13-9-7-6-8-10-13/h6-10,12H,11H2,1-5H3/t12-,19?/m0/s1. The molecular weight excluding hydrogens is 259 g/mol. The number of hydrogen-bond acceptors (Lipinski definition) is 3. The average molecular weight is 282 g/mol. The first-order valence-corrected chi connectivity index (χ1v) is 8.23. The molecule has 0 saturated carbocycles. The minimum Gasteiger partial charge on any atom is -0.469 e. The van der Waals surface area contributed by atoms with E-state index in [1.807, 2.05) is 58.0 Å². The third-order valence-electron chi connectivity index (χ3n) is 3.45. The summed E-state index contributed by atoms with van der Waals surface area (Å²) in [6.07, 6.45) is 0.180. The minimum absolute atomic E-state index is 0.180. The third kappa shape index (κ3) is 3.27. The molecular formula is C15H23O3P. The summed E-state index contributed by atoms with van der Waals surface area (Å²) in [4.78, 5) is 11.5. The van der Waals surface area contributed by atoms with E-state index in [1.54, 1.807) is 0 Å². The second-order valence-corrected chi connectivity index (χ2v) is 9.85. The molecule has 4 heteroatoms. The first-order valence-electron chi connectivity index (χ1n) is 6.45. The Balaban J connectivity index is 3.23. The highest BCUT2D eigenvalue weighted by atomic mass is 31.2. The van der Waals surface area contributed by atoms with E-state index in [1.165, 1.54) is 7.11 Å². The van der Waals surface area contributed by atoms with Crippen LogP contribution in [0.1, 0.15) is 34.1 Å². The Morgan fingerprint density at radius 1 is 1.26 bits per heavy atom. The van der Waals surface area contributed by atoms with Crippen LogP contribution in [0.5, 0.6) is 0 Å². The number of hydrogen-bond donors (Lipinski definition) is 0. The number of carbonyl (C=O) groups is 1. The molecule has 106 valence electrons. The van der Waals surface area contributed by atoms with Gasteiger partial charge < -0.3 is 9.30 Å². The molecule has 2 atom stereocenters. The molecule has 0 N–H and O–H groups in total. The highest BCUT2D eigenvalue weighted by Crippen LogP contribution is 2.61. The van der Waals surface area contributed by atoms with E-state index in [0.29, 0.717) is 0 Å². The molecule has 0 aliphatic carbocycles. The third-order valence-corrected chi connectivity index (χ3v) is 7.93. The van der Waals surface area contributed by atoms with Gasteiger partial charge in [-0.1, -0.05) is 58.0 Å². The van der Waals surface area contributed by atoms with E-state index in [0.717, 1.165) is 5.30 Å². The molecule has 0 aromatic heterocycles. The highest BCUT2D eigenvalue weighted by molar-refractivity contribution is 7.73. The highest BCUT2D eigenvalue weighted by Gasteiger charge is 2.43. The number of methoxy groups -OCH3 is 1. The first kappa shape index (κ1) is 16.0. The fraction of sp³-hybridized carbons (Fsp3) is 0.533. The second-order valence-electron chi connectivity index (χ2n) is 5.79. The van der Waals surface area contributed by atoms with Gasteiger partial charge in [-0.3, -0.25) is 4.79 Å². The van der Waals surface area contributed by atoms with Gasteiger partial charge in [0.15, 0.2) is 0 Å². The molecule has 0 aliphatic rings. The predicted octanol–water partition coefficient (Wildman–Crippen LogP) is 3.43. The van der Waals surface area contributed by atoms with E-state index in [4.69, 9.17) is 4.74 Å². The molecule has 0 amide bonds. The normalized spacial score (nSPS) is 16.5. The average Bonchev–Trinajstić information content (AvgIpc) is 2.37. The SMILES string of the molecule is COC(=O)C[C@H](C)P(=O)(c1ccccc1)C(C)(C)C. The van der Waals surface area contributed by atoms with Crippen molar-refractivity contribution in [2.24, 2.45) is 0 Å². The number of rotatable bonds is 4. The van der Waals surface area contributed by atoms with Crippen molar-refractivity contribution < 1.29 is 14.1 Å². The van der Waals surface area contributed by atoms with Crippen LogP contribution in [-0.4, -0.2) is 23.9 Å². The van der Waals surface area contributed by atoms with Crippen molar-refractivity contribution in [3.8, 4) is 0 Å². The number of ether oxygens (including phenoxy) is 1. The Bertz CT molecular complexity index is 474. The molecule has 1 rings (SSSR count). The zero-order chi connectivity index (χ0) is 14.7. The van der Waals surface area contributed by atoms with Crippen LogP contribution in [0.15, 0.2) is 30.3 Å². The van der Waals surface area contributed by atoms with Crippen LogP contribution in [0, 0.1) is 0 Å². The minimum atomic E-state index is -2.71. The summed E-state index contributed by atoms with van der Waals surface area (Å²) in [5.41, 5.74) is -0.234. The fourth-order valence-electron chi connectivity index (χ4n) is 2.41. The van der Waals surface area contributed by atoms with E-state index in [9.17, 15) is 9.36 Å². The Morgan fingerprint density at radius 2 is 1.79 bits per heavy atom. The van der Waals surface area contributed by atoms with Crippen molar-refractivity contribution in [3.63, 3.8) is 0 Å². The molecule has 0 heterocycles. The van der Waals surface area contributed by atoms with Gasteiger partial charge in [-0.2, -0.15) is 0 Å². The zero-order valence-electron chi connectivity index (χ0n) is 12.3. The lowest BCUT2D eigenvalue weighted by Gasteiger charge is -2.36. The largest absolute Gasteiger partial charge is 0.469 e. The lowest BCUT2D eigenvalue weighted by atomic mass is 10.2. The van der Waals surface area contributed by atoms with Crippen molar-refractivity contribution in [1.29, 1.82) is 0 Å². The molecule has 1 aromatic carbocycles. The molecule has 1 aromatic rings. The summed E-state index contributed by atoms with van der Waals surface area (Å²) < 4.78 is 18.3. The fourth-order valence-corrected chi connectivity index (χ4v) is 6.03.